The number of aryl methyl sites for hydroxylation is 2. The van der Waals surface area contributed by atoms with Gasteiger partial charge in [-0.25, -0.2) is 4.68 Å². The van der Waals surface area contributed by atoms with Gasteiger partial charge in [0.1, 0.15) is 0 Å². The first-order valence-corrected chi connectivity index (χ1v) is 7.20. The number of hydrogen-bond donors (Lipinski definition) is 1. The summed E-state index contributed by atoms with van der Waals surface area (Å²) < 4.78 is 1.56. The molecule has 1 aromatic carbocycles. The van der Waals surface area contributed by atoms with Crippen LogP contribution in [0.4, 0.5) is 5.95 Å². The average molecular weight is 298 g/mol. The maximum Gasteiger partial charge on any atom is 0.256 e. The Morgan fingerprint density at radius 3 is 2.71 bits per heavy atom. The summed E-state index contributed by atoms with van der Waals surface area (Å²) in [6, 6.07) is 8.05. The van der Waals surface area contributed by atoms with Gasteiger partial charge in [0.05, 0.1) is 0 Å². The van der Waals surface area contributed by atoms with E-state index in [0.29, 0.717) is 11.1 Å². The summed E-state index contributed by atoms with van der Waals surface area (Å²) in [6.45, 7) is 4.13. The van der Waals surface area contributed by atoms with Crippen molar-refractivity contribution >= 4 is 17.7 Å². The maximum atomic E-state index is 5.76. The molecular weight excluding hydrogens is 284 g/mol. The highest BCUT2D eigenvalue weighted by molar-refractivity contribution is 7.99. The molecule has 0 aliphatic carbocycles. The molecule has 106 valence electrons. The molecular formula is C14H14N6S. The predicted molar refractivity (Wildman–Crippen MR) is 81.4 cm³/mol. The van der Waals surface area contributed by atoms with E-state index in [1.807, 2.05) is 0 Å². The van der Waals surface area contributed by atoms with Crippen LogP contribution in [0.3, 0.4) is 0 Å². The van der Waals surface area contributed by atoms with Crippen LogP contribution < -0.4 is 5.73 Å². The lowest BCUT2D eigenvalue weighted by atomic mass is 10.2. The average Bonchev–Trinajstić information content (AvgIpc) is 2.95. The monoisotopic (exact) mass is 298 g/mol. The Morgan fingerprint density at radius 1 is 1.14 bits per heavy atom. The molecule has 2 aromatic heterocycles. The highest BCUT2D eigenvalue weighted by Crippen LogP contribution is 2.28. The van der Waals surface area contributed by atoms with Crippen molar-refractivity contribution in [2.75, 3.05) is 5.73 Å². The molecule has 7 heteroatoms. The minimum absolute atomic E-state index is 0.183. The van der Waals surface area contributed by atoms with Gasteiger partial charge in [0.2, 0.25) is 5.95 Å². The summed E-state index contributed by atoms with van der Waals surface area (Å²) in [4.78, 5) is 13.8. The topological polar surface area (TPSA) is 82.5 Å². The molecule has 0 aliphatic rings. The van der Waals surface area contributed by atoms with E-state index in [0.717, 1.165) is 4.90 Å². The molecule has 0 unspecified atom stereocenters. The molecule has 3 aromatic rings. The van der Waals surface area contributed by atoms with E-state index in [-0.39, 0.29) is 5.95 Å². The smallest absolute Gasteiger partial charge is 0.256 e. The Hall–Kier alpha value is -2.41. The van der Waals surface area contributed by atoms with E-state index in [1.54, 1.807) is 23.1 Å². The first kappa shape index (κ1) is 13.6. The number of rotatable bonds is 3. The van der Waals surface area contributed by atoms with Gasteiger partial charge in [0.15, 0.2) is 5.16 Å². The molecule has 0 fully saturated rings. The van der Waals surface area contributed by atoms with Crippen molar-refractivity contribution in [2.45, 2.75) is 23.9 Å². The van der Waals surface area contributed by atoms with E-state index >= 15 is 0 Å². The molecule has 6 nitrogen and oxygen atoms in total. The fourth-order valence-electron chi connectivity index (χ4n) is 1.91. The van der Waals surface area contributed by atoms with Crippen molar-refractivity contribution in [3.8, 4) is 5.95 Å². The van der Waals surface area contributed by atoms with Crippen LogP contribution in [0.1, 0.15) is 11.1 Å². The summed E-state index contributed by atoms with van der Waals surface area (Å²) in [5.74, 6) is 0.600. The van der Waals surface area contributed by atoms with E-state index < -0.39 is 0 Å². The predicted octanol–water partition coefficient (Wildman–Crippen LogP) is 2.41. The zero-order valence-electron chi connectivity index (χ0n) is 11.7. The van der Waals surface area contributed by atoms with Crippen LogP contribution in [0.5, 0.6) is 0 Å². The fourth-order valence-corrected chi connectivity index (χ4v) is 2.73. The van der Waals surface area contributed by atoms with Crippen molar-refractivity contribution in [3.05, 3.63) is 47.8 Å². The lowest BCUT2D eigenvalue weighted by Crippen LogP contribution is -2.07. The fraction of sp³-hybridized carbons (Fsp3) is 0.143. The SMILES string of the molecule is Cc1ccc(Sc2nc(N)nc(-n3cccn3)n2)c(C)c1. The zero-order chi connectivity index (χ0) is 14.8. The van der Waals surface area contributed by atoms with Gasteiger partial charge < -0.3 is 5.73 Å². The lowest BCUT2D eigenvalue weighted by Gasteiger charge is -2.07. The van der Waals surface area contributed by atoms with Crippen molar-refractivity contribution in [3.63, 3.8) is 0 Å². The Bertz CT molecular complexity index is 769. The van der Waals surface area contributed by atoms with Crippen LogP contribution in [-0.2, 0) is 0 Å². The normalized spacial score (nSPS) is 10.8. The summed E-state index contributed by atoms with van der Waals surface area (Å²) in [5, 5.41) is 4.66. The minimum atomic E-state index is 0.183. The highest BCUT2D eigenvalue weighted by Gasteiger charge is 2.09. The van der Waals surface area contributed by atoms with Gasteiger partial charge in [0.25, 0.3) is 5.95 Å². The van der Waals surface area contributed by atoms with Gasteiger partial charge >= 0.3 is 0 Å². The number of hydrogen-bond acceptors (Lipinski definition) is 6. The number of nitrogens with zero attached hydrogens (tertiary/aromatic N) is 5. The van der Waals surface area contributed by atoms with Crippen LogP contribution in [-0.4, -0.2) is 24.7 Å². The molecule has 0 amide bonds. The van der Waals surface area contributed by atoms with Crippen molar-refractivity contribution in [2.24, 2.45) is 0 Å². The zero-order valence-corrected chi connectivity index (χ0v) is 12.5. The molecule has 2 heterocycles. The largest absolute Gasteiger partial charge is 0.368 e. The Balaban J connectivity index is 1.95. The van der Waals surface area contributed by atoms with Crippen LogP contribution in [0.2, 0.25) is 0 Å². The number of nitrogens with two attached hydrogens (primary N) is 1. The van der Waals surface area contributed by atoms with E-state index in [4.69, 9.17) is 5.73 Å². The van der Waals surface area contributed by atoms with E-state index in [2.05, 4.69) is 52.1 Å². The second-order valence-corrected chi connectivity index (χ2v) is 5.61. The molecule has 0 spiro atoms. The van der Waals surface area contributed by atoms with E-state index in [1.165, 1.54) is 22.9 Å². The number of nitrogen functional groups attached to an aromatic ring is 1. The summed E-state index contributed by atoms with van der Waals surface area (Å²) in [6.07, 6.45) is 3.43. The van der Waals surface area contributed by atoms with Crippen molar-refractivity contribution in [1.29, 1.82) is 0 Å². The third-order valence-corrected chi connectivity index (χ3v) is 3.90. The van der Waals surface area contributed by atoms with Gasteiger partial charge in [0, 0.05) is 17.3 Å². The first-order chi connectivity index (χ1) is 10.1. The van der Waals surface area contributed by atoms with Crippen LogP contribution in [0, 0.1) is 13.8 Å². The molecule has 0 atom stereocenters. The Morgan fingerprint density at radius 2 is 2.00 bits per heavy atom. The summed E-state index contributed by atoms with van der Waals surface area (Å²) in [5.41, 5.74) is 8.17. The molecule has 0 bridgehead atoms. The maximum absolute atomic E-state index is 5.76. The van der Waals surface area contributed by atoms with Crippen LogP contribution in [0.15, 0.2) is 46.7 Å². The third kappa shape index (κ3) is 3.03. The van der Waals surface area contributed by atoms with Crippen molar-refractivity contribution < 1.29 is 0 Å². The number of aromatic nitrogens is 5. The number of benzene rings is 1. The quantitative estimate of drug-likeness (QED) is 0.799. The van der Waals surface area contributed by atoms with Gasteiger partial charge in [-0.3, -0.25) is 0 Å². The second-order valence-electron chi connectivity index (χ2n) is 4.60. The summed E-state index contributed by atoms with van der Waals surface area (Å²) in [7, 11) is 0. The van der Waals surface area contributed by atoms with Crippen LogP contribution >= 0.6 is 11.8 Å². The highest BCUT2D eigenvalue weighted by atomic mass is 32.2. The van der Waals surface area contributed by atoms with Gasteiger partial charge in [-0.05, 0) is 43.3 Å². The van der Waals surface area contributed by atoms with Gasteiger partial charge in [-0.15, -0.1) is 0 Å². The summed E-state index contributed by atoms with van der Waals surface area (Å²) >= 11 is 1.47. The molecule has 2 N–H and O–H groups in total. The molecule has 0 saturated heterocycles. The Kier molecular flexibility index (Phi) is 3.57. The Labute approximate surface area is 126 Å². The second kappa shape index (κ2) is 5.53. The molecule has 0 saturated carbocycles. The molecule has 0 radical (unpaired) electrons. The van der Waals surface area contributed by atoms with Crippen molar-refractivity contribution in [1.82, 2.24) is 24.7 Å². The molecule has 3 rings (SSSR count). The minimum Gasteiger partial charge on any atom is -0.368 e. The number of anilines is 1. The lowest BCUT2D eigenvalue weighted by molar-refractivity contribution is 0.764. The van der Waals surface area contributed by atoms with E-state index in [9.17, 15) is 0 Å². The van der Waals surface area contributed by atoms with Gasteiger partial charge in [-0.1, -0.05) is 17.7 Å². The third-order valence-electron chi connectivity index (χ3n) is 2.86. The molecule has 21 heavy (non-hydrogen) atoms. The van der Waals surface area contributed by atoms with Crippen LogP contribution in [0.25, 0.3) is 5.95 Å². The standard InChI is InChI=1S/C14H14N6S/c1-9-4-5-11(10(2)8-9)21-14-18-12(15)17-13(19-14)20-7-3-6-16-20/h3-8H,1-2H3,(H2,15,17,18,19). The first-order valence-electron chi connectivity index (χ1n) is 6.38. The van der Waals surface area contributed by atoms with Gasteiger partial charge in [-0.2, -0.15) is 20.1 Å². The molecule has 0 aliphatic heterocycles.